The molecule has 0 aromatic carbocycles. The van der Waals surface area contributed by atoms with Crippen LogP contribution < -0.4 is 5.73 Å². The average Bonchev–Trinajstić information content (AvgIpc) is 1.96. The van der Waals surface area contributed by atoms with Crippen LogP contribution in [0.3, 0.4) is 0 Å². The van der Waals surface area contributed by atoms with Gasteiger partial charge in [0.2, 0.25) is 0 Å². The van der Waals surface area contributed by atoms with E-state index in [-0.39, 0.29) is 12.3 Å². The van der Waals surface area contributed by atoms with Crippen molar-refractivity contribution in [2.24, 2.45) is 5.73 Å². The summed E-state index contributed by atoms with van der Waals surface area (Å²) in [5.74, 6) is 0. The minimum Gasteiger partial charge on any atom is -0.379 e. The maximum Gasteiger partial charge on any atom is 0.104 e. The van der Waals surface area contributed by atoms with Crippen molar-refractivity contribution in [3.05, 3.63) is 0 Å². The number of nitrogens with zero attached hydrogens (tertiary/aromatic N) is 1. The molecule has 0 saturated heterocycles. The first-order valence-electron chi connectivity index (χ1n) is 4.75. The molecule has 0 fully saturated rings. The minimum atomic E-state index is -0.330. The van der Waals surface area contributed by atoms with Gasteiger partial charge in [-0.1, -0.05) is 6.92 Å². The maximum absolute atomic E-state index is 9.27. The van der Waals surface area contributed by atoms with Crippen molar-refractivity contribution in [1.29, 1.82) is 0 Å². The van der Waals surface area contributed by atoms with Crippen molar-refractivity contribution in [2.45, 2.75) is 45.9 Å². The summed E-state index contributed by atoms with van der Waals surface area (Å²) >= 11 is 0. The SMILES string of the molecule is CCN(CCCC(C)N)[C@@H](C)O. The molecule has 3 nitrogen and oxygen atoms in total. The van der Waals surface area contributed by atoms with E-state index in [1.807, 2.05) is 11.8 Å². The number of rotatable bonds is 6. The molecule has 0 aromatic rings. The molecule has 3 heteroatoms. The highest BCUT2D eigenvalue weighted by Crippen LogP contribution is 2.00. The molecule has 0 spiro atoms. The molecule has 0 saturated carbocycles. The van der Waals surface area contributed by atoms with Gasteiger partial charge in [-0.15, -0.1) is 0 Å². The van der Waals surface area contributed by atoms with Gasteiger partial charge in [0, 0.05) is 12.6 Å². The van der Waals surface area contributed by atoms with Gasteiger partial charge in [0.25, 0.3) is 0 Å². The summed E-state index contributed by atoms with van der Waals surface area (Å²) in [5, 5.41) is 9.27. The van der Waals surface area contributed by atoms with Crippen LogP contribution in [0.4, 0.5) is 0 Å². The monoisotopic (exact) mass is 174 g/mol. The molecule has 0 aliphatic carbocycles. The Hall–Kier alpha value is -0.120. The molecule has 2 atom stereocenters. The second-order valence-electron chi connectivity index (χ2n) is 3.38. The summed E-state index contributed by atoms with van der Waals surface area (Å²) in [4.78, 5) is 2.03. The predicted octanol–water partition coefficient (Wildman–Crippen LogP) is 0.774. The van der Waals surface area contributed by atoms with Crippen LogP contribution in [0.2, 0.25) is 0 Å². The second kappa shape index (κ2) is 6.40. The lowest BCUT2D eigenvalue weighted by Gasteiger charge is -2.23. The zero-order valence-electron chi connectivity index (χ0n) is 8.45. The lowest BCUT2D eigenvalue weighted by molar-refractivity contribution is 0.0213. The Morgan fingerprint density at radius 2 is 2.00 bits per heavy atom. The van der Waals surface area contributed by atoms with Crippen molar-refractivity contribution < 1.29 is 5.11 Å². The normalized spacial score (nSPS) is 16.5. The van der Waals surface area contributed by atoms with E-state index in [1.54, 1.807) is 6.92 Å². The summed E-state index contributed by atoms with van der Waals surface area (Å²) < 4.78 is 0. The lowest BCUT2D eigenvalue weighted by atomic mass is 10.2. The molecule has 0 heterocycles. The standard InChI is InChI=1S/C9H22N2O/c1-4-11(9(3)12)7-5-6-8(2)10/h8-9,12H,4-7,10H2,1-3H3/t8?,9-/m1/s1. The van der Waals surface area contributed by atoms with E-state index in [0.717, 1.165) is 25.9 Å². The quantitative estimate of drug-likeness (QED) is 0.585. The van der Waals surface area contributed by atoms with Crippen LogP contribution in [0.15, 0.2) is 0 Å². The van der Waals surface area contributed by atoms with Crippen molar-refractivity contribution in [1.82, 2.24) is 4.90 Å². The molecule has 0 aliphatic rings. The van der Waals surface area contributed by atoms with E-state index in [9.17, 15) is 5.11 Å². The Bertz CT molecular complexity index is 105. The van der Waals surface area contributed by atoms with Gasteiger partial charge in [-0.05, 0) is 33.2 Å². The molecule has 1 unspecified atom stereocenters. The molecular weight excluding hydrogens is 152 g/mol. The summed E-state index contributed by atoms with van der Waals surface area (Å²) in [7, 11) is 0. The van der Waals surface area contributed by atoms with Gasteiger partial charge in [-0.2, -0.15) is 0 Å². The van der Waals surface area contributed by atoms with Gasteiger partial charge in [-0.3, -0.25) is 4.90 Å². The van der Waals surface area contributed by atoms with Crippen LogP contribution >= 0.6 is 0 Å². The number of hydrogen-bond acceptors (Lipinski definition) is 3. The average molecular weight is 174 g/mol. The molecule has 12 heavy (non-hydrogen) atoms. The summed E-state index contributed by atoms with van der Waals surface area (Å²) in [6.45, 7) is 7.71. The Labute approximate surface area is 75.6 Å². The zero-order chi connectivity index (χ0) is 9.56. The third kappa shape index (κ3) is 5.52. The van der Waals surface area contributed by atoms with Crippen molar-refractivity contribution in [3.8, 4) is 0 Å². The summed E-state index contributed by atoms with van der Waals surface area (Å²) in [6, 6.07) is 0.276. The number of aliphatic hydroxyl groups excluding tert-OH is 1. The van der Waals surface area contributed by atoms with Gasteiger partial charge in [0.15, 0.2) is 0 Å². The first-order valence-corrected chi connectivity index (χ1v) is 4.75. The zero-order valence-corrected chi connectivity index (χ0v) is 8.45. The highest BCUT2D eigenvalue weighted by Gasteiger charge is 2.07. The molecule has 0 rings (SSSR count). The van der Waals surface area contributed by atoms with E-state index in [1.165, 1.54) is 0 Å². The van der Waals surface area contributed by atoms with E-state index in [4.69, 9.17) is 5.73 Å². The smallest absolute Gasteiger partial charge is 0.104 e. The fraction of sp³-hybridized carbons (Fsp3) is 1.00. The van der Waals surface area contributed by atoms with Gasteiger partial charge in [0.05, 0.1) is 0 Å². The minimum absolute atomic E-state index is 0.276. The Morgan fingerprint density at radius 3 is 2.33 bits per heavy atom. The molecule has 0 radical (unpaired) electrons. The third-order valence-corrected chi connectivity index (χ3v) is 2.04. The van der Waals surface area contributed by atoms with Crippen molar-refractivity contribution in [2.75, 3.05) is 13.1 Å². The van der Waals surface area contributed by atoms with Gasteiger partial charge in [0.1, 0.15) is 6.23 Å². The Morgan fingerprint density at radius 1 is 1.42 bits per heavy atom. The number of aliphatic hydroxyl groups is 1. The third-order valence-electron chi connectivity index (χ3n) is 2.04. The first-order chi connectivity index (χ1) is 5.57. The fourth-order valence-corrected chi connectivity index (χ4v) is 1.23. The van der Waals surface area contributed by atoms with E-state index in [0.29, 0.717) is 0 Å². The van der Waals surface area contributed by atoms with Gasteiger partial charge >= 0.3 is 0 Å². The molecule has 74 valence electrons. The first kappa shape index (κ1) is 11.9. The maximum atomic E-state index is 9.27. The van der Waals surface area contributed by atoms with Crippen LogP contribution in [0.1, 0.15) is 33.6 Å². The van der Waals surface area contributed by atoms with Crippen LogP contribution in [0.25, 0.3) is 0 Å². The van der Waals surface area contributed by atoms with Crippen molar-refractivity contribution in [3.63, 3.8) is 0 Å². The molecular formula is C9H22N2O. The van der Waals surface area contributed by atoms with Crippen LogP contribution in [0.5, 0.6) is 0 Å². The van der Waals surface area contributed by atoms with Crippen LogP contribution in [0, 0.1) is 0 Å². The van der Waals surface area contributed by atoms with E-state index < -0.39 is 0 Å². The highest BCUT2D eigenvalue weighted by molar-refractivity contribution is 4.59. The highest BCUT2D eigenvalue weighted by atomic mass is 16.3. The molecule has 0 aliphatic heterocycles. The van der Waals surface area contributed by atoms with Crippen LogP contribution in [-0.4, -0.2) is 35.4 Å². The number of hydrogen-bond donors (Lipinski definition) is 2. The van der Waals surface area contributed by atoms with Crippen LogP contribution in [-0.2, 0) is 0 Å². The molecule has 0 aromatic heterocycles. The molecule has 0 bridgehead atoms. The summed E-state index contributed by atoms with van der Waals surface area (Å²) in [5.41, 5.74) is 5.62. The number of nitrogens with two attached hydrogens (primary N) is 1. The Balaban J connectivity index is 3.45. The molecule has 3 N–H and O–H groups in total. The largest absolute Gasteiger partial charge is 0.379 e. The van der Waals surface area contributed by atoms with E-state index >= 15 is 0 Å². The lowest BCUT2D eigenvalue weighted by Crippen LogP contribution is -2.34. The second-order valence-corrected chi connectivity index (χ2v) is 3.38. The van der Waals surface area contributed by atoms with Gasteiger partial charge < -0.3 is 10.8 Å². The topological polar surface area (TPSA) is 49.5 Å². The Kier molecular flexibility index (Phi) is 6.34. The molecule has 0 amide bonds. The fourth-order valence-electron chi connectivity index (χ4n) is 1.23. The van der Waals surface area contributed by atoms with Crippen molar-refractivity contribution >= 4 is 0 Å². The summed E-state index contributed by atoms with van der Waals surface area (Å²) in [6.07, 6.45) is 1.77. The predicted molar refractivity (Wildman–Crippen MR) is 51.8 cm³/mol. The van der Waals surface area contributed by atoms with Gasteiger partial charge in [-0.25, -0.2) is 0 Å². The van der Waals surface area contributed by atoms with E-state index in [2.05, 4.69) is 6.92 Å².